The molecule has 7 heteroatoms. The molecule has 2 heterocycles. The van der Waals surface area contributed by atoms with Gasteiger partial charge >= 0.3 is 0 Å². The first kappa shape index (κ1) is 21.4. The molecule has 0 unspecified atom stereocenters. The van der Waals surface area contributed by atoms with Crippen molar-refractivity contribution in [2.45, 2.75) is 31.3 Å². The molecule has 0 aliphatic carbocycles. The van der Waals surface area contributed by atoms with E-state index in [2.05, 4.69) is 13.8 Å². The fraction of sp³-hybridized carbons (Fsp3) is 0.208. The highest BCUT2D eigenvalue weighted by molar-refractivity contribution is 7.90. The molecule has 0 saturated heterocycles. The Bertz CT molecular complexity index is 1340. The van der Waals surface area contributed by atoms with Crippen LogP contribution in [0, 0.1) is 0 Å². The van der Waals surface area contributed by atoms with Gasteiger partial charge in [0.25, 0.3) is 0 Å². The smallest absolute Gasteiger partial charge is 0.175 e. The van der Waals surface area contributed by atoms with Crippen LogP contribution < -0.4 is 4.74 Å². The lowest BCUT2D eigenvalue weighted by atomic mass is 10.0. The Balaban J connectivity index is 1.64. The molecule has 5 nitrogen and oxygen atoms in total. The summed E-state index contributed by atoms with van der Waals surface area (Å²) in [6, 6.07) is 18.4. The van der Waals surface area contributed by atoms with E-state index in [4.69, 9.17) is 21.3 Å². The number of ether oxygens (including phenoxy) is 1. The molecule has 0 amide bonds. The number of pyridine rings is 1. The van der Waals surface area contributed by atoms with E-state index in [-0.39, 0.29) is 5.92 Å². The van der Waals surface area contributed by atoms with Crippen LogP contribution in [0.1, 0.15) is 31.0 Å². The van der Waals surface area contributed by atoms with Crippen molar-refractivity contribution in [3.63, 3.8) is 0 Å². The highest BCUT2D eigenvalue weighted by Crippen LogP contribution is 2.34. The number of halogens is 1. The van der Waals surface area contributed by atoms with Gasteiger partial charge in [-0.15, -0.1) is 0 Å². The first-order valence-electron chi connectivity index (χ1n) is 9.93. The van der Waals surface area contributed by atoms with Crippen LogP contribution in [0.3, 0.4) is 0 Å². The molecule has 160 valence electrons. The molecule has 4 rings (SSSR count). The Hall–Kier alpha value is -2.83. The largest absolute Gasteiger partial charge is 0.489 e. The van der Waals surface area contributed by atoms with Crippen LogP contribution in [0.4, 0.5) is 0 Å². The number of nitrogens with zero attached hydrogens (tertiary/aromatic N) is 2. The quantitative estimate of drug-likeness (QED) is 0.371. The predicted molar refractivity (Wildman–Crippen MR) is 124 cm³/mol. The minimum absolute atomic E-state index is 0.226. The zero-order valence-corrected chi connectivity index (χ0v) is 19.1. The van der Waals surface area contributed by atoms with Crippen molar-refractivity contribution in [2.24, 2.45) is 0 Å². The average Bonchev–Trinajstić information content (AvgIpc) is 3.14. The van der Waals surface area contributed by atoms with Gasteiger partial charge in [0, 0.05) is 18.0 Å². The van der Waals surface area contributed by atoms with Gasteiger partial charge in [0.05, 0.1) is 21.3 Å². The number of benzene rings is 2. The van der Waals surface area contributed by atoms with Gasteiger partial charge < -0.3 is 4.74 Å². The molecule has 0 atom stereocenters. The minimum Gasteiger partial charge on any atom is -0.489 e. The van der Waals surface area contributed by atoms with Gasteiger partial charge in [0.15, 0.2) is 15.5 Å². The molecule has 0 aliphatic heterocycles. The van der Waals surface area contributed by atoms with Crippen LogP contribution in [0.15, 0.2) is 71.8 Å². The lowest BCUT2D eigenvalue weighted by molar-refractivity contribution is 0.306. The lowest BCUT2D eigenvalue weighted by Crippen LogP contribution is -1.99. The fourth-order valence-corrected chi connectivity index (χ4v) is 4.31. The topological polar surface area (TPSA) is 60.7 Å². The third-order valence-electron chi connectivity index (χ3n) is 5.04. The summed E-state index contributed by atoms with van der Waals surface area (Å²) in [4.78, 5) is 5.08. The van der Waals surface area contributed by atoms with Gasteiger partial charge in [-0.05, 0) is 47.9 Å². The van der Waals surface area contributed by atoms with E-state index in [1.165, 1.54) is 6.26 Å². The molecule has 31 heavy (non-hydrogen) atoms. The second kappa shape index (κ2) is 8.36. The molecule has 0 N–H and O–H groups in total. The monoisotopic (exact) mass is 454 g/mol. The number of aromatic nitrogens is 2. The van der Waals surface area contributed by atoms with E-state index in [1.54, 1.807) is 24.3 Å². The highest BCUT2D eigenvalue weighted by atomic mass is 35.5. The van der Waals surface area contributed by atoms with Gasteiger partial charge in [-0.3, -0.25) is 4.40 Å². The minimum atomic E-state index is -3.21. The fourth-order valence-electron chi connectivity index (χ4n) is 3.47. The van der Waals surface area contributed by atoms with Crippen LogP contribution >= 0.6 is 11.6 Å². The Morgan fingerprint density at radius 3 is 2.48 bits per heavy atom. The van der Waals surface area contributed by atoms with Crippen molar-refractivity contribution < 1.29 is 13.2 Å². The molecular formula is C24H23ClN2O3S. The summed E-state index contributed by atoms with van der Waals surface area (Å²) in [5.41, 5.74) is 4.59. The van der Waals surface area contributed by atoms with Crippen molar-refractivity contribution in [3.05, 3.63) is 83.1 Å². The van der Waals surface area contributed by atoms with Crippen molar-refractivity contribution in [1.29, 1.82) is 0 Å². The van der Waals surface area contributed by atoms with Crippen molar-refractivity contribution in [1.82, 2.24) is 9.38 Å². The summed E-state index contributed by atoms with van der Waals surface area (Å²) in [6.07, 6.45) is 3.16. The molecule has 0 aliphatic rings. The van der Waals surface area contributed by atoms with E-state index in [9.17, 15) is 8.42 Å². The summed E-state index contributed by atoms with van der Waals surface area (Å²) in [5.74, 6) is 0.945. The number of fused-ring (bicyclic) bond motifs is 1. The Morgan fingerprint density at radius 2 is 1.81 bits per heavy atom. The van der Waals surface area contributed by atoms with Crippen LogP contribution in [0.25, 0.3) is 16.9 Å². The maximum atomic E-state index is 11.6. The van der Waals surface area contributed by atoms with E-state index < -0.39 is 9.84 Å². The van der Waals surface area contributed by atoms with Crippen molar-refractivity contribution >= 4 is 27.1 Å². The summed E-state index contributed by atoms with van der Waals surface area (Å²) >= 11 is 6.38. The third-order valence-corrected chi connectivity index (χ3v) is 6.46. The molecule has 2 aromatic carbocycles. The third kappa shape index (κ3) is 4.45. The zero-order valence-electron chi connectivity index (χ0n) is 17.5. The standard InChI is InChI=1S/C24H23ClN2O3S/c1-16(2)22-23(27-13-5-8-21(25)24(27)26-22)18-6-4-7-19(14-18)30-15-17-9-11-20(12-10-17)31(3,28)29/h4-14,16H,15H2,1-3H3. The van der Waals surface area contributed by atoms with Crippen LogP contribution in [0.5, 0.6) is 5.75 Å². The maximum Gasteiger partial charge on any atom is 0.175 e. The Kier molecular flexibility index (Phi) is 5.77. The van der Waals surface area contributed by atoms with Gasteiger partial charge in [0.1, 0.15) is 12.4 Å². The number of rotatable bonds is 6. The molecular weight excluding hydrogens is 432 g/mol. The summed E-state index contributed by atoms with van der Waals surface area (Å²) in [5, 5.41) is 0.612. The highest BCUT2D eigenvalue weighted by Gasteiger charge is 2.18. The molecule has 2 aromatic heterocycles. The Morgan fingerprint density at radius 1 is 1.06 bits per heavy atom. The lowest BCUT2D eigenvalue weighted by Gasteiger charge is -2.11. The second-order valence-corrected chi connectivity index (χ2v) is 10.2. The SMILES string of the molecule is CC(C)c1nc2c(Cl)cccn2c1-c1cccc(OCc2ccc(S(C)(=O)=O)cc2)c1. The van der Waals surface area contributed by atoms with Crippen LogP contribution in [-0.2, 0) is 16.4 Å². The first-order chi connectivity index (χ1) is 14.7. The molecule has 0 radical (unpaired) electrons. The number of imidazole rings is 1. The predicted octanol–water partition coefficient (Wildman–Crippen LogP) is 5.76. The molecule has 0 bridgehead atoms. The maximum absolute atomic E-state index is 11.6. The average molecular weight is 455 g/mol. The van der Waals surface area contributed by atoms with Gasteiger partial charge in [-0.1, -0.05) is 49.7 Å². The summed E-state index contributed by atoms with van der Waals surface area (Å²) < 4.78 is 31.2. The zero-order chi connectivity index (χ0) is 22.2. The normalized spacial score (nSPS) is 11.9. The molecule has 0 saturated carbocycles. The first-order valence-corrected chi connectivity index (χ1v) is 12.2. The summed E-state index contributed by atoms with van der Waals surface area (Å²) in [7, 11) is -3.21. The number of hydrogen-bond donors (Lipinski definition) is 0. The van der Waals surface area contributed by atoms with Crippen LogP contribution in [-0.4, -0.2) is 24.1 Å². The van der Waals surface area contributed by atoms with E-state index in [0.29, 0.717) is 16.5 Å². The second-order valence-electron chi connectivity index (χ2n) is 7.78. The summed E-state index contributed by atoms with van der Waals surface area (Å²) in [6.45, 7) is 4.56. The van der Waals surface area contributed by atoms with E-state index >= 15 is 0 Å². The van der Waals surface area contributed by atoms with Gasteiger partial charge in [0.2, 0.25) is 0 Å². The van der Waals surface area contributed by atoms with Crippen LogP contribution in [0.2, 0.25) is 5.02 Å². The van der Waals surface area contributed by atoms with Crippen molar-refractivity contribution in [2.75, 3.05) is 6.26 Å². The van der Waals surface area contributed by atoms with Crippen molar-refractivity contribution in [3.8, 4) is 17.0 Å². The number of hydrogen-bond acceptors (Lipinski definition) is 4. The van der Waals surface area contributed by atoms with Gasteiger partial charge in [-0.2, -0.15) is 0 Å². The van der Waals surface area contributed by atoms with E-state index in [1.807, 2.05) is 47.0 Å². The Labute approximate surface area is 187 Å². The molecule has 0 fully saturated rings. The molecule has 4 aromatic rings. The van der Waals surface area contributed by atoms with Gasteiger partial charge in [-0.25, -0.2) is 13.4 Å². The molecule has 0 spiro atoms. The van der Waals surface area contributed by atoms with E-state index in [0.717, 1.165) is 33.9 Å². The number of sulfone groups is 1.